The van der Waals surface area contributed by atoms with Gasteiger partial charge < -0.3 is 21.3 Å². The second-order valence-corrected chi connectivity index (χ2v) is 9.35. The summed E-state index contributed by atoms with van der Waals surface area (Å²) in [6.07, 6.45) is 0. The zero-order valence-corrected chi connectivity index (χ0v) is 24.5. The van der Waals surface area contributed by atoms with Crippen molar-refractivity contribution in [2.24, 2.45) is 0 Å². The molecule has 0 aromatic heterocycles. The van der Waals surface area contributed by atoms with Crippen molar-refractivity contribution in [3.8, 4) is 0 Å². The molecule has 5 heteroatoms. The van der Waals surface area contributed by atoms with Gasteiger partial charge in [-0.05, 0) is 0 Å². The van der Waals surface area contributed by atoms with E-state index in [9.17, 15) is 0 Å². The van der Waals surface area contributed by atoms with E-state index in [1.165, 1.54) is 0 Å². The first-order chi connectivity index (χ1) is 12.5. The Hall–Kier alpha value is 0.554. The van der Waals surface area contributed by atoms with Crippen molar-refractivity contribution in [3.05, 3.63) is 21.3 Å². The van der Waals surface area contributed by atoms with Crippen molar-refractivity contribution in [2.75, 3.05) is 0 Å². The molecule has 0 radical (unpaired) electrons. The standard InChI is InChI=1S/4C6H14N.Ti/c4*1-5(2)7-6(3)4;/h4*5-6H,1-4H3;/q4*-1;+4. The van der Waals surface area contributed by atoms with Gasteiger partial charge in [-0.25, -0.2) is 0 Å². The molecule has 0 rings (SSSR count). The molecule has 0 saturated heterocycles. The Balaban J connectivity index is -0.0000000873. The summed E-state index contributed by atoms with van der Waals surface area (Å²) in [5.41, 5.74) is 0. The van der Waals surface area contributed by atoms with Gasteiger partial charge in [-0.1, -0.05) is 111 Å². The summed E-state index contributed by atoms with van der Waals surface area (Å²) in [4.78, 5) is 0. The van der Waals surface area contributed by atoms with Crippen LogP contribution in [0.1, 0.15) is 111 Å². The van der Waals surface area contributed by atoms with Crippen LogP contribution in [0.4, 0.5) is 0 Å². The number of nitrogens with zero attached hydrogens (tertiary/aromatic N) is 4. The summed E-state index contributed by atoms with van der Waals surface area (Å²) >= 11 is 0. The molecule has 0 heterocycles. The fourth-order valence-corrected chi connectivity index (χ4v) is 2.39. The van der Waals surface area contributed by atoms with Crippen molar-refractivity contribution in [3.63, 3.8) is 0 Å². The van der Waals surface area contributed by atoms with Gasteiger partial charge >= 0.3 is 21.7 Å². The summed E-state index contributed by atoms with van der Waals surface area (Å²) in [5.74, 6) is 0. The molecule has 0 aliphatic heterocycles. The second-order valence-electron chi connectivity index (χ2n) is 9.35. The molecule has 0 spiro atoms. The van der Waals surface area contributed by atoms with Crippen LogP contribution in [0.2, 0.25) is 0 Å². The fourth-order valence-electron chi connectivity index (χ4n) is 2.39. The summed E-state index contributed by atoms with van der Waals surface area (Å²) in [5, 5.41) is 17.1. The van der Waals surface area contributed by atoms with Gasteiger partial charge in [0.15, 0.2) is 0 Å². The molecule has 0 aromatic rings. The monoisotopic (exact) mass is 448 g/mol. The molecule has 176 valence electrons. The Bertz CT molecular complexity index is 196. The average molecular weight is 449 g/mol. The fraction of sp³-hybridized carbons (Fsp3) is 1.00. The van der Waals surface area contributed by atoms with E-state index in [2.05, 4.69) is 132 Å². The molecule has 0 aliphatic rings. The molecule has 0 fully saturated rings. The van der Waals surface area contributed by atoms with Crippen molar-refractivity contribution in [2.45, 2.75) is 159 Å². The largest absolute Gasteiger partial charge is 4.00 e. The molecule has 0 aromatic carbocycles. The Morgan fingerprint density at radius 1 is 0.241 bits per heavy atom. The third-order valence-corrected chi connectivity index (χ3v) is 2.39. The SMILES string of the molecule is CC(C)[N-]C(C)C.CC(C)[N-]C(C)C.CC(C)[N-]C(C)C.CC(C)[N-]C(C)C.[Ti+4]. The van der Waals surface area contributed by atoms with Crippen LogP contribution in [0.15, 0.2) is 0 Å². The second kappa shape index (κ2) is 26.6. The van der Waals surface area contributed by atoms with Crippen LogP contribution < -0.4 is 0 Å². The van der Waals surface area contributed by atoms with Crippen LogP contribution in [0.5, 0.6) is 0 Å². The maximum Gasteiger partial charge on any atom is 4.00 e. The zero-order valence-electron chi connectivity index (χ0n) is 22.9. The third-order valence-electron chi connectivity index (χ3n) is 2.39. The van der Waals surface area contributed by atoms with E-state index in [0.717, 1.165) is 0 Å². The van der Waals surface area contributed by atoms with Crippen molar-refractivity contribution in [1.29, 1.82) is 0 Å². The minimum Gasteiger partial charge on any atom is -0.658 e. The third kappa shape index (κ3) is 73.5. The topological polar surface area (TPSA) is 56.4 Å². The van der Waals surface area contributed by atoms with Crippen molar-refractivity contribution < 1.29 is 21.7 Å². The van der Waals surface area contributed by atoms with Crippen molar-refractivity contribution in [1.82, 2.24) is 0 Å². The van der Waals surface area contributed by atoms with Gasteiger partial charge in [-0.2, -0.15) is 0 Å². The molecular weight excluding hydrogens is 392 g/mol. The normalized spacial score (nSPS) is 10.8. The van der Waals surface area contributed by atoms with Crippen LogP contribution in [0.3, 0.4) is 0 Å². The Kier molecular flexibility index (Phi) is 36.6. The van der Waals surface area contributed by atoms with Gasteiger partial charge in [-0.15, -0.1) is 48.3 Å². The minimum atomic E-state index is 0. The average Bonchev–Trinajstić information content (AvgIpc) is 2.32. The number of hydrogen-bond acceptors (Lipinski definition) is 0. The molecule has 4 nitrogen and oxygen atoms in total. The summed E-state index contributed by atoms with van der Waals surface area (Å²) < 4.78 is 0. The molecule has 0 atom stereocenters. The van der Waals surface area contributed by atoms with E-state index in [0.29, 0.717) is 48.3 Å². The number of rotatable bonds is 8. The van der Waals surface area contributed by atoms with Crippen LogP contribution in [-0.4, -0.2) is 48.3 Å². The van der Waals surface area contributed by atoms with Gasteiger partial charge in [0, 0.05) is 0 Å². The molecule has 0 unspecified atom stereocenters. The first-order valence-corrected chi connectivity index (χ1v) is 11.3. The predicted octanol–water partition coefficient (Wildman–Crippen LogP) is 8.71. The maximum atomic E-state index is 4.28. The molecule has 0 aliphatic carbocycles. The maximum absolute atomic E-state index is 4.28. The first kappa shape index (κ1) is 40.0. The number of hydrogen-bond donors (Lipinski definition) is 0. The van der Waals surface area contributed by atoms with Crippen molar-refractivity contribution >= 4 is 0 Å². The summed E-state index contributed by atoms with van der Waals surface area (Å²) in [6.45, 7) is 33.6. The molecule has 0 N–H and O–H groups in total. The van der Waals surface area contributed by atoms with Crippen LogP contribution >= 0.6 is 0 Å². The Labute approximate surface area is 201 Å². The molecule has 29 heavy (non-hydrogen) atoms. The van der Waals surface area contributed by atoms with Crippen LogP contribution in [0, 0.1) is 0 Å². The van der Waals surface area contributed by atoms with Crippen LogP contribution in [0.25, 0.3) is 21.3 Å². The first-order valence-electron chi connectivity index (χ1n) is 11.3. The van der Waals surface area contributed by atoms with Gasteiger partial charge in [0.2, 0.25) is 0 Å². The smallest absolute Gasteiger partial charge is 0.658 e. The Morgan fingerprint density at radius 3 is 0.310 bits per heavy atom. The van der Waals surface area contributed by atoms with E-state index in [-0.39, 0.29) is 21.7 Å². The van der Waals surface area contributed by atoms with E-state index in [1.807, 2.05) is 0 Å². The molecule has 0 amide bonds. The molecule has 0 saturated carbocycles. The zero-order chi connectivity index (χ0) is 23.4. The Morgan fingerprint density at radius 2 is 0.310 bits per heavy atom. The summed E-state index contributed by atoms with van der Waals surface area (Å²) in [6, 6.07) is 4.00. The predicted molar refractivity (Wildman–Crippen MR) is 135 cm³/mol. The van der Waals surface area contributed by atoms with Gasteiger partial charge in [-0.3, -0.25) is 0 Å². The molecular formula is C24H56N4Ti. The van der Waals surface area contributed by atoms with Gasteiger partial charge in [0.25, 0.3) is 0 Å². The summed E-state index contributed by atoms with van der Waals surface area (Å²) in [7, 11) is 0. The van der Waals surface area contributed by atoms with E-state index in [4.69, 9.17) is 0 Å². The van der Waals surface area contributed by atoms with Gasteiger partial charge in [0.05, 0.1) is 0 Å². The van der Waals surface area contributed by atoms with E-state index < -0.39 is 0 Å². The minimum absolute atomic E-state index is 0. The molecule has 0 bridgehead atoms. The quantitative estimate of drug-likeness (QED) is 0.333. The van der Waals surface area contributed by atoms with E-state index >= 15 is 0 Å². The van der Waals surface area contributed by atoms with E-state index in [1.54, 1.807) is 0 Å². The van der Waals surface area contributed by atoms with Gasteiger partial charge in [0.1, 0.15) is 0 Å². The van der Waals surface area contributed by atoms with Crippen LogP contribution in [-0.2, 0) is 21.7 Å².